The first kappa shape index (κ1) is 21.8. The van der Waals surface area contributed by atoms with E-state index in [4.69, 9.17) is 16.5 Å². The van der Waals surface area contributed by atoms with Crippen molar-refractivity contribution < 1.29 is 19.7 Å². The Kier molecular flexibility index (Phi) is 6.14. The maximum atomic E-state index is 11.4. The summed E-state index contributed by atoms with van der Waals surface area (Å²) in [5.74, 6) is -0.504. The fourth-order valence-electron chi connectivity index (χ4n) is 2.87. The molecule has 1 N–H and O–H groups in total. The number of phenols is 1. The van der Waals surface area contributed by atoms with Crippen molar-refractivity contribution in [3.63, 3.8) is 0 Å². The number of nitrogens with zero attached hydrogens (tertiary/aromatic N) is 3. The molecule has 0 aliphatic carbocycles. The average Bonchev–Trinajstić information content (AvgIpc) is 3.07. The van der Waals surface area contributed by atoms with Gasteiger partial charge in [0.25, 0.3) is 0 Å². The van der Waals surface area contributed by atoms with E-state index < -0.39 is 5.97 Å². The summed E-state index contributed by atoms with van der Waals surface area (Å²) >= 11 is 6.05. The lowest BCUT2D eigenvalue weighted by Gasteiger charge is -2.23. The number of hydrogen-bond acceptors (Lipinski definition) is 6. The first-order chi connectivity index (χ1) is 14.1. The van der Waals surface area contributed by atoms with Crippen LogP contribution in [-0.4, -0.2) is 32.7 Å². The Morgan fingerprint density at radius 2 is 1.90 bits per heavy atom. The third-order valence-corrected chi connectivity index (χ3v) is 4.71. The van der Waals surface area contributed by atoms with Gasteiger partial charge in [0.2, 0.25) is 0 Å². The summed E-state index contributed by atoms with van der Waals surface area (Å²) in [5, 5.41) is 20.4. The van der Waals surface area contributed by atoms with Crippen LogP contribution >= 0.6 is 11.6 Å². The number of aromatic hydroxyl groups is 1. The molecule has 8 heteroatoms. The van der Waals surface area contributed by atoms with Crippen LogP contribution in [0.2, 0.25) is 5.02 Å². The highest BCUT2D eigenvalue weighted by atomic mass is 35.5. The summed E-state index contributed by atoms with van der Waals surface area (Å²) in [6.45, 7) is 11.2. The summed E-state index contributed by atoms with van der Waals surface area (Å²) in [5.41, 5.74) is 3.29. The van der Waals surface area contributed by atoms with Gasteiger partial charge < -0.3 is 5.11 Å². The van der Waals surface area contributed by atoms with Crippen molar-refractivity contribution >= 4 is 28.6 Å². The highest BCUT2D eigenvalue weighted by molar-refractivity contribution is 6.31. The third kappa shape index (κ3) is 4.80. The monoisotopic (exact) mass is 429 g/mol. The molecule has 0 spiro atoms. The van der Waals surface area contributed by atoms with Gasteiger partial charge in [-0.05, 0) is 42.2 Å². The van der Waals surface area contributed by atoms with Crippen LogP contribution in [0.5, 0.6) is 5.75 Å². The van der Waals surface area contributed by atoms with Crippen molar-refractivity contribution in [2.75, 3.05) is 6.61 Å². The number of benzene rings is 2. The van der Waals surface area contributed by atoms with Crippen LogP contribution in [0.4, 0.5) is 0 Å². The largest absolute Gasteiger partial charge is 0.505 e. The predicted octanol–water partition coefficient (Wildman–Crippen LogP) is 4.67. The van der Waals surface area contributed by atoms with Gasteiger partial charge in [-0.3, -0.25) is 4.89 Å². The van der Waals surface area contributed by atoms with Gasteiger partial charge in [0.05, 0.1) is 6.61 Å². The van der Waals surface area contributed by atoms with Crippen LogP contribution in [0, 0.1) is 0 Å². The minimum Gasteiger partial charge on any atom is -0.505 e. The van der Waals surface area contributed by atoms with E-state index in [1.165, 1.54) is 4.80 Å². The van der Waals surface area contributed by atoms with Crippen LogP contribution in [0.25, 0.3) is 16.7 Å². The van der Waals surface area contributed by atoms with Crippen LogP contribution in [0.15, 0.2) is 42.5 Å². The molecule has 3 rings (SSSR count). The number of rotatable bonds is 6. The zero-order valence-electron chi connectivity index (χ0n) is 17.4. The number of carbonyl (C=O) groups is 1. The molecule has 0 unspecified atom stereocenters. The van der Waals surface area contributed by atoms with E-state index in [0.717, 1.165) is 11.1 Å². The zero-order chi connectivity index (χ0) is 22.1. The molecule has 158 valence electrons. The second-order valence-corrected chi connectivity index (χ2v) is 8.54. The lowest BCUT2D eigenvalue weighted by atomic mass is 9.84. The molecule has 0 radical (unpaired) electrons. The number of hydrogen-bond donors (Lipinski definition) is 1. The van der Waals surface area contributed by atoms with Gasteiger partial charge >= 0.3 is 5.97 Å². The maximum absolute atomic E-state index is 11.4. The molecule has 0 saturated carbocycles. The summed E-state index contributed by atoms with van der Waals surface area (Å²) in [6, 6.07) is 8.92. The van der Waals surface area contributed by atoms with Crippen molar-refractivity contribution in [3.8, 4) is 11.4 Å². The highest BCUT2D eigenvalue weighted by Crippen LogP contribution is 2.36. The molecule has 2 aromatic carbocycles. The van der Waals surface area contributed by atoms with Gasteiger partial charge in [-0.15, -0.1) is 15.0 Å². The van der Waals surface area contributed by atoms with Gasteiger partial charge in [0.1, 0.15) is 22.5 Å². The third-order valence-electron chi connectivity index (χ3n) is 4.47. The van der Waals surface area contributed by atoms with E-state index in [1.54, 1.807) is 31.2 Å². The molecule has 0 bridgehead atoms. The van der Waals surface area contributed by atoms with E-state index in [2.05, 4.69) is 21.7 Å². The molecule has 1 heterocycles. The smallest absolute Gasteiger partial charge is 0.368 e. The Bertz CT molecular complexity index is 1120. The van der Waals surface area contributed by atoms with Gasteiger partial charge in [0.15, 0.2) is 0 Å². The second-order valence-electron chi connectivity index (χ2n) is 8.11. The Labute approximate surface area is 179 Å². The van der Waals surface area contributed by atoms with Crippen molar-refractivity contribution in [1.82, 2.24) is 15.0 Å². The Hall–Kier alpha value is -2.90. The van der Waals surface area contributed by atoms with Crippen LogP contribution in [0.3, 0.4) is 0 Å². The zero-order valence-corrected chi connectivity index (χ0v) is 18.2. The Morgan fingerprint density at radius 1 is 1.20 bits per heavy atom. The SMILES string of the molecule is C=C(C)C(=O)OOCCc1cc(-n2nc3ccc(Cl)cc3n2)c(O)c(C(C)(C)C)c1. The molecule has 0 atom stereocenters. The summed E-state index contributed by atoms with van der Waals surface area (Å²) < 4.78 is 0. The normalized spacial score (nSPS) is 11.6. The fraction of sp³-hybridized carbons (Fsp3) is 0.318. The van der Waals surface area contributed by atoms with E-state index in [0.29, 0.717) is 28.2 Å². The number of phenolic OH excluding ortho intramolecular Hbond substituents is 1. The van der Waals surface area contributed by atoms with Gasteiger partial charge in [-0.1, -0.05) is 45.0 Å². The molecule has 7 nitrogen and oxygen atoms in total. The number of carbonyl (C=O) groups excluding carboxylic acids is 1. The highest BCUT2D eigenvalue weighted by Gasteiger charge is 2.23. The van der Waals surface area contributed by atoms with Gasteiger partial charge in [-0.25, -0.2) is 4.79 Å². The number of fused-ring (bicyclic) bond motifs is 1. The van der Waals surface area contributed by atoms with Gasteiger partial charge in [-0.2, -0.15) is 4.89 Å². The summed E-state index contributed by atoms with van der Waals surface area (Å²) in [7, 11) is 0. The number of aromatic nitrogens is 3. The van der Waals surface area contributed by atoms with Gasteiger partial charge in [0, 0.05) is 22.6 Å². The van der Waals surface area contributed by atoms with E-state index >= 15 is 0 Å². The first-order valence-electron chi connectivity index (χ1n) is 9.45. The van der Waals surface area contributed by atoms with E-state index in [1.807, 2.05) is 26.8 Å². The fourth-order valence-corrected chi connectivity index (χ4v) is 3.03. The molecule has 3 aromatic rings. The summed E-state index contributed by atoms with van der Waals surface area (Å²) in [4.78, 5) is 22.5. The molecular formula is C22H24ClN3O4. The molecule has 1 aromatic heterocycles. The van der Waals surface area contributed by atoms with E-state index in [-0.39, 0.29) is 23.3 Å². The van der Waals surface area contributed by atoms with Crippen molar-refractivity contribution in [2.24, 2.45) is 0 Å². The van der Waals surface area contributed by atoms with Crippen molar-refractivity contribution in [1.29, 1.82) is 0 Å². The molecule has 0 aliphatic rings. The summed E-state index contributed by atoms with van der Waals surface area (Å²) in [6.07, 6.45) is 0.451. The average molecular weight is 430 g/mol. The molecule has 30 heavy (non-hydrogen) atoms. The molecule has 0 aliphatic heterocycles. The van der Waals surface area contributed by atoms with Crippen molar-refractivity contribution in [3.05, 3.63) is 58.6 Å². The van der Waals surface area contributed by atoms with Crippen LogP contribution in [0.1, 0.15) is 38.8 Å². The molecule has 0 fully saturated rings. The Balaban J connectivity index is 1.94. The molecule has 0 amide bonds. The van der Waals surface area contributed by atoms with Crippen LogP contribution < -0.4 is 0 Å². The minimum atomic E-state index is -0.608. The Morgan fingerprint density at radius 3 is 2.57 bits per heavy atom. The lowest BCUT2D eigenvalue weighted by molar-refractivity contribution is -0.267. The van der Waals surface area contributed by atoms with E-state index in [9.17, 15) is 9.90 Å². The first-order valence-corrected chi connectivity index (χ1v) is 9.82. The quantitative estimate of drug-likeness (QED) is 0.265. The molecular weight excluding hydrogens is 406 g/mol. The predicted molar refractivity (Wildman–Crippen MR) is 115 cm³/mol. The standard InChI is InChI=1S/C22H24ClN3O4/c1-13(2)21(28)30-29-9-8-14-10-16(22(3,4)5)20(27)19(11-14)26-24-17-7-6-15(23)12-18(17)25-26/h6-7,10-12,27H,1,8-9H2,2-5H3. The second kappa shape index (κ2) is 8.45. The topological polar surface area (TPSA) is 86.5 Å². The maximum Gasteiger partial charge on any atom is 0.368 e. The lowest BCUT2D eigenvalue weighted by Crippen LogP contribution is -2.15. The minimum absolute atomic E-state index is 0.104. The van der Waals surface area contributed by atoms with Crippen molar-refractivity contribution in [2.45, 2.75) is 39.5 Å². The molecule has 0 saturated heterocycles. The number of halogens is 1. The van der Waals surface area contributed by atoms with Crippen LogP contribution in [-0.2, 0) is 26.4 Å².